The molecule has 0 aromatic heterocycles. The molecule has 1 unspecified atom stereocenters. The molecule has 1 amide bonds. The van der Waals surface area contributed by atoms with Crippen LogP contribution in [0.1, 0.15) is 43.5 Å². The summed E-state index contributed by atoms with van der Waals surface area (Å²) < 4.78 is 10.8. The smallest absolute Gasteiger partial charge is 0.295 e. The van der Waals surface area contributed by atoms with E-state index in [0.717, 1.165) is 17.5 Å². The van der Waals surface area contributed by atoms with Gasteiger partial charge in [-0.25, -0.2) is 0 Å². The lowest BCUT2D eigenvalue weighted by atomic mass is 9.94. The van der Waals surface area contributed by atoms with Gasteiger partial charge in [0, 0.05) is 12.1 Å². The molecule has 0 spiro atoms. The number of carbonyl (C=O) groups is 2. The van der Waals surface area contributed by atoms with E-state index in [1.54, 1.807) is 12.1 Å². The molecule has 1 aliphatic heterocycles. The third-order valence-corrected chi connectivity index (χ3v) is 5.75. The van der Waals surface area contributed by atoms with Gasteiger partial charge in [0.1, 0.15) is 11.5 Å². The van der Waals surface area contributed by atoms with Crippen molar-refractivity contribution in [1.29, 1.82) is 0 Å². The third kappa shape index (κ3) is 4.81. The van der Waals surface area contributed by atoms with Gasteiger partial charge < -0.3 is 19.5 Å². The number of nitrogens with zero attached hydrogens (tertiary/aromatic N) is 1. The van der Waals surface area contributed by atoms with E-state index in [1.165, 1.54) is 18.1 Å². The minimum absolute atomic E-state index is 0.00412. The third-order valence-electron chi connectivity index (χ3n) is 5.45. The van der Waals surface area contributed by atoms with E-state index >= 15 is 0 Å². The quantitative estimate of drug-likeness (QED) is 0.351. The van der Waals surface area contributed by atoms with Gasteiger partial charge in [0.15, 0.2) is 0 Å². The summed E-state index contributed by atoms with van der Waals surface area (Å²) in [5.41, 5.74) is 2.25. The van der Waals surface area contributed by atoms with E-state index in [1.807, 2.05) is 38.1 Å². The van der Waals surface area contributed by atoms with Crippen LogP contribution in [0.5, 0.6) is 5.75 Å². The van der Waals surface area contributed by atoms with Crippen LogP contribution in [0.4, 0.5) is 0 Å². The molecule has 0 aliphatic carbocycles. The number of rotatable bonds is 8. The van der Waals surface area contributed by atoms with Gasteiger partial charge in [-0.15, -0.1) is 0 Å². The van der Waals surface area contributed by atoms with E-state index in [4.69, 9.17) is 21.1 Å². The molecule has 32 heavy (non-hydrogen) atoms. The first kappa shape index (κ1) is 23.8. The lowest BCUT2D eigenvalue weighted by Crippen LogP contribution is -2.33. The number of amides is 1. The van der Waals surface area contributed by atoms with E-state index in [9.17, 15) is 14.7 Å². The van der Waals surface area contributed by atoms with Gasteiger partial charge in [-0.1, -0.05) is 42.8 Å². The number of Topliss-reactive ketones (excluding diaryl/α,β-unsaturated/α-hetero) is 1. The summed E-state index contributed by atoms with van der Waals surface area (Å²) in [7, 11) is 1.49. The zero-order chi connectivity index (χ0) is 23.4. The number of hydrogen-bond acceptors (Lipinski definition) is 5. The molecule has 2 aromatic carbocycles. The maximum Gasteiger partial charge on any atom is 0.295 e. The molecule has 1 N–H and O–H groups in total. The summed E-state index contributed by atoms with van der Waals surface area (Å²) in [5.74, 6) is -1.22. The van der Waals surface area contributed by atoms with Gasteiger partial charge in [0.05, 0.1) is 36.5 Å². The van der Waals surface area contributed by atoms with Gasteiger partial charge >= 0.3 is 0 Å². The summed E-state index contributed by atoms with van der Waals surface area (Å²) >= 11 is 6.22. The largest absolute Gasteiger partial charge is 0.507 e. The Hall–Kier alpha value is -2.83. The number of halogens is 1. The van der Waals surface area contributed by atoms with E-state index < -0.39 is 17.7 Å². The van der Waals surface area contributed by atoms with Gasteiger partial charge in [-0.05, 0) is 49.6 Å². The highest BCUT2D eigenvalue weighted by Crippen LogP contribution is 2.40. The summed E-state index contributed by atoms with van der Waals surface area (Å²) in [5, 5.41) is 11.4. The molecule has 1 aliphatic rings. The van der Waals surface area contributed by atoms with Gasteiger partial charge in [0.25, 0.3) is 11.7 Å². The van der Waals surface area contributed by atoms with Crippen LogP contribution in [0.25, 0.3) is 5.76 Å². The first-order valence-corrected chi connectivity index (χ1v) is 11.0. The molecule has 1 atom stereocenters. The normalized spacial score (nSPS) is 17.9. The second kappa shape index (κ2) is 10.2. The Morgan fingerprint density at radius 1 is 1.16 bits per heavy atom. The molecule has 0 bridgehead atoms. The van der Waals surface area contributed by atoms with Crippen LogP contribution in [-0.4, -0.2) is 48.1 Å². The van der Waals surface area contributed by atoms with Crippen LogP contribution in [0, 0.1) is 0 Å². The number of aryl methyl sites for hydroxylation is 1. The predicted octanol–water partition coefficient (Wildman–Crippen LogP) is 4.76. The van der Waals surface area contributed by atoms with Crippen molar-refractivity contribution in [3.05, 3.63) is 69.8 Å². The minimum atomic E-state index is -0.733. The Balaban J connectivity index is 2.10. The van der Waals surface area contributed by atoms with E-state index in [-0.39, 0.29) is 30.6 Å². The fourth-order valence-corrected chi connectivity index (χ4v) is 4.01. The number of aliphatic hydroxyl groups is 1. The molecule has 7 heteroatoms. The van der Waals surface area contributed by atoms with Crippen LogP contribution < -0.4 is 4.74 Å². The summed E-state index contributed by atoms with van der Waals surface area (Å²) in [6.07, 6.45) is 0.864. The number of ketones is 1. The molecule has 1 fully saturated rings. The zero-order valence-electron chi connectivity index (χ0n) is 18.7. The Morgan fingerprint density at radius 3 is 2.41 bits per heavy atom. The number of ether oxygens (including phenoxy) is 2. The zero-order valence-corrected chi connectivity index (χ0v) is 19.5. The van der Waals surface area contributed by atoms with Gasteiger partial charge in [0.2, 0.25) is 0 Å². The first-order valence-electron chi connectivity index (χ1n) is 10.6. The van der Waals surface area contributed by atoms with Crippen molar-refractivity contribution < 1.29 is 24.2 Å². The second-order valence-corrected chi connectivity index (χ2v) is 8.26. The summed E-state index contributed by atoms with van der Waals surface area (Å²) in [6.45, 7) is 6.37. The summed E-state index contributed by atoms with van der Waals surface area (Å²) in [6, 6.07) is 11.7. The maximum absolute atomic E-state index is 13.0. The lowest BCUT2D eigenvalue weighted by molar-refractivity contribution is -0.140. The molecule has 3 rings (SSSR count). The van der Waals surface area contributed by atoms with Crippen LogP contribution in [0.15, 0.2) is 48.0 Å². The monoisotopic (exact) mass is 457 g/mol. The van der Waals surface area contributed by atoms with E-state index in [0.29, 0.717) is 16.3 Å². The van der Waals surface area contributed by atoms with Gasteiger partial charge in [-0.2, -0.15) is 0 Å². The molecule has 2 aromatic rings. The van der Waals surface area contributed by atoms with Crippen molar-refractivity contribution in [2.24, 2.45) is 0 Å². The Kier molecular flexibility index (Phi) is 7.59. The second-order valence-electron chi connectivity index (χ2n) is 7.86. The highest BCUT2D eigenvalue weighted by atomic mass is 35.5. The molecule has 6 nitrogen and oxygen atoms in total. The van der Waals surface area contributed by atoms with Crippen molar-refractivity contribution in [3.63, 3.8) is 0 Å². The molecule has 1 saturated heterocycles. The lowest BCUT2D eigenvalue weighted by Gasteiger charge is -2.26. The van der Waals surface area contributed by atoms with Crippen LogP contribution in [-0.2, 0) is 20.7 Å². The van der Waals surface area contributed by atoms with E-state index in [2.05, 4.69) is 6.92 Å². The predicted molar refractivity (Wildman–Crippen MR) is 124 cm³/mol. The standard InChI is InChI=1S/C25H28ClNO5/c1-5-16-6-8-17(9-7-16)22-21(23(28)18-10-11-20(31-4)19(26)14-18)24(29)25(30)27(22)12-13-32-15(2)3/h6-11,14-15,22,28H,5,12-13H2,1-4H3/b23-21-. The fourth-order valence-electron chi connectivity index (χ4n) is 3.75. The topological polar surface area (TPSA) is 76.1 Å². The average molecular weight is 458 g/mol. The van der Waals surface area contributed by atoms with Crippen molar-refractivity contribution in [3.8, 4) is 5.75 Å². The number of likely N-dealkylation sites (tertiary alicyclic amines) is 1. The maximum atomic E-state index is 13.0. The van der Waals surface area contributed by atoms with Crippen LogP contribution >= 0.6 is 11.6 Å². The molecular formula is C25H28ClNO5. The van der Waals surface area contributed by atoms with Crippen molar-refractivity contribution >= 4 is 29.1 Å². The molecule has 1 heterocycles. The highest BCUT2D eigenvalue weighted by Gasteiger charge is 2.45. The molecule has 0 radical (unpaired) electrons. The number of benzene rings is 2. The average Bonchev–Trinajstić information content (AvgIpc) is 3.03. The molecular weight excluding hydrogens is 430 g/mol. The molecule has 170 valence electrons. The number of hydrogen-bond donors (Lipinski definition) is 1. The Labute approximate surface area is 193 Å². The molecule has 0 saturated carbocycles. The van der Waals surface area contributed by atoms with Gasteiger partial charge in [-0.3, -0.25) is 9.59 Å². The van der Waals surface area contributed by atoms with Crippen molar-refractivity contribution in [1.82, 2.24) is 4.90 Å². The SMILES string of the molecule is CCc1ccc(C2/C(=C(/O)c3ccc(OC)c(Cl)c3)C(=O)C(=O)N2CCOC(C)C)cc1. The Morgan fingerprint density at radius 2 is 1.84 bits per heavy atom. The Bertz CT molecular complexity index is 1030. The fraction of sp³-hybridized carbons (Fsp3) is 0.360. The number of aliphatic hydroxyl groups excluding tert-OH is 1. The van der Waals surface area contributed by atoms with Crippen molar-refractivity contribution in [2.45, 2.75) is 39.3 Å². The minimum Gasteiger partial charge on any atom is -0.507 e. The first-order chi connectivity index (χ1) is 15.3. The number of methoxy groups -OCH3 is 1. The number of carbonyl (C=O) groups excluding carboxylic acids is 2. The highest BCUT2D eigenvalue weighted by molar-refractivity contribution is 6.46. The van der Waals surface area contributed by atoms with Crippen molar-refractivity contribution in [2.75, 3.05) is 20.3 Å². The van der Waals surface area contributed by atoms with Crippen LogP contribution in [0.2, 0.25) is 5.02 Å². The van der Waals surface area contributed by atoms with Crippen LogP contribution in [0.3, 0.4) is 0 Å². The summed E-state index contributed by atoms with van der Waals surface area (Å²) in [4.78, 5) is 27.4.